The molecule has 2 rings (SSSR count). The lowest BCUT2D eigenvalue weighted by Crippen LogP contribution is -2.41. The molecule has 2 N–H and O–H groups in total. The number of amides is 1. The van der Waals surface area contributed by atoms with Crippen molar-refractivity contribution in [1.82, 2.24) is 10.2 Å². The fraction of sp³-hybridized carbons (Fsp3) is 0.529. The molecule has 0 spiro atoms. The van der Waals surface area contributed by atoms with Crippen molar-refractivity contribution in [2.24, 2.45) is 0 Å². The number of carbonyl (C=O) groups is 2. The van der Waals surface area contributed by atoms with Crippen LogP contribution < -0.4 is 5.32 Å². The summed E-state index contributed by atoms with van der Waals surface area (Å²) >= 11 is 0. The van der Waals surface area contributed by atoms with E-state index in [1.807, 2.05) is 0 Å². The number of nitrogens with one attached hydrogen (secondary N) is 1. The standard InChI is InChI=1S/C17H24N2O3/c1-17(2,3)14-5-4-12-6-7-19(10-13(12)8-14)11-15(20)18-9-16(21)22/h4-5,8H,6-7,9-11H2,1-3H3,(H,18,20)(H,21,22). The third-order valence-electron chi connectivity index (χ3n) is 3.97. The molecule has 1 aliphatic heterocycles. The van der Waals surface area contributed by atoms with Crippen LogP contribution in [0, 0.1) is 0 Å². The summed E-state index contributed by atoms with van der Waals surface area (Å²) in [5, 5.41) is 11.0. The van der Waals surface area contributed by atoms with Crippen LogP contribution in [-0.4, -0.2) is 41.5 Å². The second-order valence-electron chi connectivity index (χ2n) is 6.86. The van der Waals surface area contributed by atoms with E-state index in [9.17, 15) is 9.59 Å². The van der Waals surface area contributed by atoms with E-state index in [-0.39, 0.29) is 24.4 Å². The number of rotatable bonds is 4. The summed E-state index contributed by atoms with van der Waals surface area (Å²) in [7, 11) is 0. The maximum absolute atomic E-state index is 11.7. The Kier molecular flexibility index (Phi) is 4.86. The molecule has 1 aromatic rings. The first-order chi connectivity index (χ1) is 10.3. The van der Waals surface area contributed by atoms with Crippen molar-refractivity contribution in [2.45, 2.75) is 39.2 Å². The predicted molar refractivity (Wildman–Crippen MR) is 84.8 cm³/mol. The van der Waals surface area contributed by atoms with Crippen LogP contribution in [0.25, 0.3) is 0 Å². The minimum atomic E-state index is -1.02. The largest absolute Gasteiger partial charge is 0.480 e. The van der Waals surface area contributed by atoms with Crippen molar-refractivity contribution >= 4 is 11.9 Å². The van der Waals surface area contributed by atoms with Crippen molar-refractivity contribution in [3.63, 3.8) is 0 Å². The number of hydrogen-bond acceptors (Lipinski definition) is 3. The van der Waals surface area contributed by atoms with Gasteiger partial charge in [-0.2, -0.15) is 0 Å². The summed E-state index contributed by atoms with van der Waals surface area (Å²) in [6, 6.07) is 6.61. The summed E-state index contributed by atoms with van der Waals surface area (Å²) in [4.78, 5) is 24.3. The van der Waals surface area contributed by atoms with Crippen LogP contribution in [0.5, 0.6) is 0 Å². The molecule has 1 amide bonds. The molecule has 1 aliphatic rings. The van der Waals surface area contributed by atoms with Gasteiger partial charge in [0.1, 0.15) is 6.54 Å². The van der Waals surface area contributed by atoms with Gasteiger partial charge in [-0.1, -0.05) is 39.0 Å². The lowest BCUT2D eigenvalue weighted by atomic mass is 9.84. The van der Waals surface area contributed by atoms with Gasteiger partial charge < -0.3 is 10.4 Å². The Morgan fingerprint density at radius 1 is 1.27 bits per heavy atom. The van der Waals surface area contributed by atoms with Crippen molar-refractivity contribution in [2.75, 3.05) is 19.6 Å². The summed E-state index contributed by atoms with van der Waals surface area (Å²) < 4.78 is 0. The fourth-order valence-corrected chi connectivity index (χ4v) is 2.65. The molecule has 5 heteroatoms. The lowest BCUT2D eigenvalue weighted by Gasteiger charge is -2.30. The first-order valence-electron chi connectivity index (χ1n) is 7.59. The van der Waals surface area contributed by atoms with Crippen molar-refractivity contribution in [1.29, 1.82) is 0 Å². The normalized spacial score (nSPS) is 15.2. The van der Waals surface area contributed by atoms with E-state index in [2.05, 4.69) is 49.2 Å². The SMILES string of the molecule is CC(C)(C)c1ccc2c(c1)CN(CC(=O)NCC(=O)O)CC2. The zero-order valence-corrected chi connectivity index (χ0v) is 13.5. The van der Waals surface area contributed by atoms with Crippen molar-refractivity contribution in [3.05, 3.63) is 34.9 Å². The second kappa shape index (κ2) is 6.48. The minimum Gasteiger partial charge on any atom is -0.480 e. The first kappa shape index (κ1) is 16.5. The Morgan fingerprint density at radius 3 is 2.64 bits per heavy atom. The second-order valence-corrected chi connectivity index (χ2v) is 6.86. The molecule has 120 valence electrons. The average Bonchev–Trinajstić information content (AvgIpc) is 2.43. The number of fused-ring (bicyclic) bond motifs is 1. The van der Waals surface area contributed by atoms with Crippen LogP contribution in [-0.2, 0) is 28.0 Å². The number of carboxylic acid groups (broad SMARTS) is 1. The van der Waals surface area contributed by atoms with Crippen LogP contribution in [0.3, 0.4) is 0 Å². The molecule has 0 aromatic heterocycles. The van der Waals surface area contributed by atoms with Gasteiger partial charge in [0.25, 0.3) is 0 Å². The maximum Gasteiger partial charge on any atom is 0.322 e. The van der Waals surface area contributed by atoms with Crippen LogP contribution in [0.2, 0.25) is 0 Å². The minimum absolute atomic E-state index is 0.107. The summed E-state index contributed by atoms with van der Waals surface area (Å²) in [6.07, 6.45) is 0.923. The number of benzene rings is 1. The fourth-order valence-electron chi connectivity index (χ4n) is 2.65. The molecule has 22 heavy (non-hydrogen) atoms. The highest BCUT2D eigenvalue weighted by Crippen LogP contribution is 2.27. The molecular formula is C17H24N2O3. The Morgan fingerprint density at radius 2 is 2.00 bits per heavy atom. The topological polar surface area (TPSA) is 69.6 Å². The van der Waals surface area contributed by atoms with Gasteiger partial charge in [0.15, 0.2) is 0 Å². The van der Waals surface area contributed by atoms with E-state index in [0.717, 1.165) is 19.5 Å². The van der Waals surface area contributed by atoms with Gasteiger partial charge in [0.05, 0.1) is 6.54 Å². The number of nitrogens with zero attached hydrogens (tertiary/aromatic N) is 1. The molecule has 0 aliphatic carbocycles. The van der Waals surface area contributed by atoms with E-state index >= 15 is 0 Å². The molecule has 0 radical (unpaired) electrons. The van der Waals surface area contributed by atoms with E-state index in [1.165, 1.54) is 16.7 Å². The summed E-state index contributed by atoms with van der Waals surface area (Å²) in [6.45, 7) is 8.05. The van der Waals surface area contributed by atoms with Gasteiger partial charge in [0, 0.05) is 13.1 Å². The van der Waals surface area contributed by atoms with Crippen LogP contribution in [0.1, 0.15) is 37.5 Å². The van der Waals surface area contributed by atoms with E-state index in [1.54, 1.807) is 0 Å². The van der Waals surface area contributed by atoms with Crippen LogP contribution in [0.4, 0.5) is 0 Å². The average molecular weight is 304 g/mol. The highest BCUT2D eigenvalue weighted by Gasteiger charge is 2.21. The molecule has 1 heterocycles. The van der Waals surface area contributed by atoms with Gasteiger partial charge in [0.2, 0.25) is 5.91 Å². The van der Waals surface area contributed by atoms with Gasteiger partial charge in [-0.3, -0.25) is 14.5 Å². The Hall–Kier alpha value is -1.88. The van der Waals surface area contributed by atoms with Gasteiger partial charge in [-0.15, -0.1) is 0 Å². The molecule has 0 atom stereocenters. The molecule has 5 nitrogen and oxygen atoms in total. The Bertz CT molecular complexity index is 576. The predicted octanol–water partition coefficient (Wildman–Crippen LogP) is 1.54. The number of aliphatic carboxylic acids is 1. The van der Waals surface area contributed by atoms with Crippen molar-refractivity contribution < 1.29 is 14.7 Å². The van der Waals surface area contributed by atoms with Crippen molar-refractivity contribution in [3.8, 4) is 0 Å². The quantitative estimate of drug-likeness (QED) is 0.885. The number of carbonyl (C=O) groups excluding carboxylic acids is 1. The maximum atomic E-state index is 11.7. The zero-order valence-electron chi connectivity index (χ0n) is 13.5. The third-order valence-corrected chi connectivity index (χ3v) is 3.97. The van der Waals surface area contributed by atoms with Gasteiger partial charge in [-0.05, 0) is 28.5 Å². The van der Waals surface area contributed by atoms with Crippen LogP contribution >= 0.6 is 0 Å². The van der Waals surface area contributed by atoms with E-state index in [4.69, 9.17) is 5.11 Å². The molecule has 0 unspecified atom stereocenters. The molecule has 1 aromatic carbocycles. The Balaban J connectivity index is 2.01. The molecule has 0 bridgehead atoms. The molecule has 0 fully saturated rings. The van der Waals surface area contributed by atoms with Crippen LogP contribution in [0.15, 0.2) is 18.2 Å². The molecule has 0 saturated carbocycles. The monoisotopic (exact) mass is 304 g/mol. The lowest BCUT2D eigenvalue weighted by molar-refractivity contribution is -0.138. The van der Waals surface area contributed by atoms with E-state index in [0.29, 0.717) is 0 Å². The summed E-state index contributed by atoms with van der Waals surface area (Å²) in [5.74, 6) is -1.26. The van der Waals surface area contributed by atoms with Gasteiger partial charge in [-0.25, -0.2) is 0 Å². The van der Waals surface area contributed by atoms with Gasteiger partial charge >= 0.3 is 5.97 Å². The highest BCUT2D eigenvalue weighted by molar-refractivity contribution is 5.82. The smallest absolute Gasteiger partial charge is 0.322 e. The summed E-state index contributed by atoms with van der Waals surface area (Å²) in [5.41, 5.74) is 4.01. The zero-order chi connectivity index (χ0) is 16.3. The Labute approximate surface area is 131 Å². The third kappa shape index (κ3) is 4.31. The highest BCUT2D eigenvalue weighted by atomic mass is 16.4. The first-order valence-corrected chi connectivity index (χ1v) is 7.59. The number of carboxylic acids is 1. The van der Waals surface area contributed by atoms with E-state index < -0.39 is 5.97 Å². The molecular weight excluding hydrogens is 280 g/mol. The number of hydrogen-bond donors (Lipinski definition) is 2. The molecule has 0 saturated heterocycles.